The molecule has 0 aliphatic carbocycles. The number of anilines is 1. The van der Waals surface area contributed by atoms with Crippen molar-refractivity contribution in [2.24, 2.45) is 5.73 Å². The molecule has 32 heavy (non-hydrogen) atoms. The highest BCUT2D eigenvalue weighted by molar-refractivity contribution is 7.99. The standard InChI is InChI=1S/C22H21ClN6O2S/c1-2-14-18(23)17-19(26-14)27-22(28-20(17)29-8-7-12(24)10-29)32-13-5-3-11-4-6-15(21(30)31)25-16(11)9-13/h3-6,9,12H,2,7-8,10,24H2,1H3,(H,30,31)(H,26,27,28). The van der Waals surface area contributed by atoms with Crippen LogP contribution in [0.15, 0.2) is 40.4 Å². The Morgan fingerprint density at radius 3 is 2.84 bits per heavy atom. The zero-order valence-electron chi connectivity index (χ0n) is 17.3. The van der Waals surface area contributed by atoms with Gasteiger partial charge in [-0.05, 0) is 42.8 Å². The van der Waals surface area contributed by atoms with Gasteiger partial charge in [-0.3, -0.25) is 0 Å². The van der Waals surface area contributed by atoms with E-state index in [0.717, 1.165) is 53.1 Å². The molecule has 8 nitrogen and oxygen atoms in total. The van der Waals surface area contributed by atoms with E-state index in [0.29, 0.717) is 21.3 Å². The Morgan fingerprint density at radius 1 is 1.31 bits per heavy atom. The maximum Gasteiger partial charge on any atom is 0.354 e. The zero-order chi connectivity index (χ0) is 22.4. The van der Waals surface area contributed by atoms with Crippen molar-refractivity contribution in [3.8, 4) is 0 Å². The number of hydrogen-bond donors (Lipinski definition) is 3. The van der Waals surface area contributed by atoms with Crippen LogP contribution in [0.2, 0.25) is 5.02 Å². The third-order valence-electron chi connectivity index (χ3n) is 5.59. The van der Waals surface area contributed by atoms with Gasteiger partial charge >= 0.3 is 5.97 Å². The molecular formula is C22H21ClN6O2S. The van der Waals surface area contributed by atoms with E-state index in [1.54, 1.807) is 6.07 Å². The molecule has 0 saturated carbocycles. The van der Waals surface area contributed by atoms with Crippen molar-refractivity contribution in [3.05, 3.63) is 46.7 Å². The molecule has 1 atom stereocenters. The number of carbonyl (C=O) groups is 1. The first-order valence-corrected chi connectivity index (χ1v) is 11.5. The van der Waals surface area contributed by atoms with Gasteiger partial charge in [0.1, 0.15) is 17.2 Å². The first-order chi connectivity index (χ1) is 15.4. The lowest BCUT2D eigenvalue weighted by molar-refractivity contribution is 0.0691. The first-order valence-electron chi connectivity index (χ1n) is 10.3. The summed E-state index contributed by atoms with van der Waals surface area (Å²) in [6.07, 6.45) is 1.66. The fraction of sp³-hybridized carbons (Fsp3) is 0.273. The number of nitrogens with zero attached hydrogens (tertiary/aromatic N) is 4. The van der Waals surface area contributed by atoms with Crippen molar-refractivity contribution in [2.75, 3.05) is 18.0 Å². The summed E-state index contributed by atoms with van der Waals surface area (Å²) in [5.74, 6) is -0.263. The van der Waals surface area contributed by atoms with Gasteiger partial charge in [-0.2, -0.15) is 0 Å². The van der Waals surface area contributed by atoms with Gasteiger partial charge in [-0.15, -0.1) is 0 Å². The summed E-state index contributed by atoms with van der Waals surface area (Å²) in [5.41, 5.74) is 8.40. The molecule has 4 heterocycles. The van der Waals surface area contributed by atoms with Crippen LogP contribution in [-0.4, -0.2) is 50.1 Å². The average Bonchev–Trinajstić information content (AvgIpc) is 3.35. The number of halogens is 1. The van der Waals surface area contributed by atoms with Gasteiger partial charge in [0.15, 0.2) is 5.16 Å². The van der Waals surface area contributed by atoms with Crippen LogP contribution in [0.4, 0.5) is 5.82 Å². The molecule has 1 fully saturated rings. The zero-order valence-corrected chi connectivity index (χ0v) is 18.9. The molecule has 0 amide bonds. The number of fused-ring (bicyclic) bond motifs is 2. The monoisotopic (exact) mass is 468 g/mol. The smallest absolute Gasteiger partial charge is 0.354 e. The second-order valence-electron chi connectivity index (χ2n) is 7.78. The van der Waals surface area contributed by atoms with E-state index >= 15 is 0 Å². The predicted octanol–water partition coefficient (Wildman–Crippen LogP) is 4.11. The molecule has 0 spiro atoms. The van der Waals surface area contributed by atoms with Crippen molar-refractivity contribution in [1.82, 2.24) is 19.9 Å². The van der Waals surface area contributed by atoms with Crippen LogP contribution in [0.5, 0.6) is 0 Å². The van der Waals surface area contributed by atoms with E-state index < -0.39 is 5.97 Å². The summed E-state index contributed by atoms with van der Waals surface area (Å²) in [6, 6.07) is 9.08. The third kappa shape index (κ3) is 3.76. The van der Waals surface area contributed by atoms with Crippen molar-refractivity contribution in [1.29, 1.82) is 0 Å². The second kappa shape index (κ2) is 8.23. The van der Waals surface area contributed by atoms with E-state index in [1.807, 2.05) is 25.1 Å². The molecule has 1 aliphatic rings. The maximum absolute atomic E-state index is 11.3. The summed E-state index contributed by atoms with van der Waals surface area (Å²) in [5, 5.41) is 12.2. The number of hydrogen-bond acceptors (Lipinski definition) is 7. The number of nitrogens with one attached hydrogen (secondary N) is 1. The molecule has 1 saturated heterocycles. The van der Waals surface area contributed by atoms with Crippen LogP contribution in [0.25, 0.3) is 21.9 Å². The van der Waals surface area contributed by atoms with Gasteiger partial charge in [-0.25, -0.2) is 19.7 Å². The quantitative estimate of drug-likeness (QED) is 0.374. The SMILES string of the molecule is CCc1[nH]c2nc(Sc3ccc4ccc(C(=O)O)nc4c3)nc(N3CCC(N)C3)c2c1Cl. The Bertz CT molecular complexity index is 1360. The van der Waals surface area contributed by atoms with Gasteiger partial charge in [0.2, 0.25) is 0 Å². The largest absolute Gasteiger partial charge is 0.477 e. The normalized spacial score (nSPS) is 16.3. The minimum atomic E-state index is -1.05. The van der Waals surface area contributed by atoms with Gasteiger partial charge in [0.05, 0.1) is 15.9 Å². The summed E-state index contributed by atoms with van der Waals surface area (Å²) >= 11 is 8.06. The second-order valence-corrected chi connectivity index (χ2v) is 9.20. The summed E-state index contributed by atoms with van der Waals surface area (Å²) < 4.78 is 0. The Kier molecular flexibility index (Phi) is 5.40. The molecule has 1 aliphatic heterocycles. The summed E-state index contributed by atoms with van der Waals surface area (Å²) in [4.78, 5) is 31.4. The highest BCUT2D eigenvalue weighted by Crippen LogP contribution is 2.37. The van der Waals surface area contributed by atoms with E-state index in [1.165, 1.54) is 17.8 Å². The molecule has 10 heteroatoms. The highest BCUT2D eigenvalue weighted by atomic mass is 35.5. The van der Waals surface area contributed by atoms with Gasteiger partial charge < -0.3 is 20.7 Å². The highest BCUT2D eigenvalue weighted by Gasteiger charge is 2.26. The third-order valence-corrected chi connectivity index (χ3v) is 6.86. The van der Waals surface area contributed by atoms with Crippen molar-refractivity contribution >= 4 is 57.1 Å². The molecule has 1 unspecified atom stereocenters. The van der Waals surface area contributed by atoms with Gasteiger partial charge in [0.25, 0.3) is 0 Å². The number of pyridine rings is 1. The lowest BCUT2D eigenvalue weighted by Crippen LogP contribution is -2.27. The van der Waals surface area contributed by atoms with Crippen molar-refractivity contribution < 1.29 is 9.90 Å². The van der Waals surface area contributed by atoms with Gasteiger partial charge in [0, 0.05) is 35.1 Å². The minimum absolute atomic E-state index is 0.0121. The summed E-state index contributed by atoms with van der Waals surface area (Å²) in [7, 11) is 0. The number of H-pyrrole nitrogens is 1. The Hall–Kier alpha value is -2.88. The summed E-state index contributed by atoms with van der Waals surface area (Å²) in [6.45, 7) is 3.58. The van der Waals surface area contributed by atoms with Crippen LogP contribution in [0.1, 0.15) is 29.5 Å². The number of benzene rings is 1. The maximum atomic E-state index is 11.3. The molecule has 5 rings (SSSR count). The molecule has 164 valence electrons. The van der Waals surface area contributed by atoms with Crippen molar-refractivity contribution in [2.45, 2.75) is 35.9 Å². The molecule has 4 N–H and O–H groups in total. The molecule has 0 bridgehead atoms. The minimum Gasteiger partial charge on any atom is -0.477 e. The van der Waals surface area contributed by atoms with Crippen LogP contribution < -0.4 is 10.6 Å². The van der Waals surface area contributed by atoms with Gasteiger partial charge in [-0.1, -0.05) is 30.7 Å². The Balaban J connectivity index is 1.57. The first kappa shape index (κ1) is 21.0. The number of carboxylic acid groups (broad SMARTS) is 1. The van der Waals surface area contributed by atoms with E-state index in [-0.39, 0.29) is 11.7 Å². The molecule has 0 radical (unpaired) electrons. The number of rotatable bonds is 5. The molecule has 4 aromatic rings. The van der Waals surface area contributed by atoms with Crippen LogP contribution in [0, 0.1) is 0 Å². The predicted molar refractivity (Wildman–Crippen MR) is 126 cm³/mol. The number of aromatic amines is 1. The fourth-order valence-corrected chi connectivity index (χ4v) is 5.09. The topological polar surface area (TPSA) is 121 Å². The molecular weight excluding hydrogens is 448 g/mol. The lowest BCUT2D eigenvalue weighted by atomic mass is 10.2. The fourth-order valence-electron chi connectivity index (χ4n) is 3.95. The Morgan fingerprint density at radius 2 is 2.12 bits per heavy atom. The van der Waals surface area contributed by atoms with Crippen LogP contribution >= 0.6 is 23.4 Å². The number of aromatic nitrogens is 4. The van der Waals surface area contributed by atoms with E-state index in [9.17, 15) is 9.90 Å². The van der Waals surface area contributed by atoms with E-state index in [2.05, 4.69) is 14.9 Å². The lowest BCUT2D eigenvalue weighted by Gasteiger charge is -2.18. The average molecular weight is 469 g/mol. The molecule has 1 aromatic carbocycles. The number of nitrogens with two attached hydrogens (primary N) is 1. The van der Waals surface area contributed by atoms with E-state index in [4.69, 9.17) is 27.3 Å². The number of aromatic carboxylic acids is 1. The van der Waals surface area contributed by atoms with Crippen molar-refractivity contribution in [3.63, 3.8) is 0 Å². The number of aryl methyl sites for hydroxylation is 1. The van der Waals surface area contributed by atoms with Crippen LogP contribution in [0.3, 0.4) is 0 Å². The number of carboxylic acids is 1. The van der Waals surface area contributed by atoms with Crippen LogP contribution in [-0.2, 0) is 6.42 Å². The Labute approximate surface area is 193 Å². The molecule has 3 aromatic heterocycles.